The van der Waals surface area contributed by atoms with E-state index in [2.05, 4.69) is 29.3 Å². The van der Waals surface area contributed by atoms with E-state index < -0.39 is 0 Å². The summed E-state index contributed by atoms with van der Waals surface area (Å²) in [5, 5.41) is 27.5. The van der Waals surface area contributed by atoms with Gasteiger partial charge in [-0.05, 0) is 48.6 Å². The quantitative estimate of drug-likeness (QED) is 0.621. The number of nitrogens with one attached hydrogen (secondary N) is 1. The number of phenols is 1. The number of β-amino-alcohol motifs (C(OH)–C–C–N with tert-alkyl or cyclic N) is 1. The third kappa shape index (κ3) is 3.09. The Kier molecular flexibility index (Phi) is 4.88. The molecule has 0 unspecified atom stereocenters. The second-order valence-corrected chi connectivity index (χ2v) is 7.56. The molecule has 0 saturated carbocycles. The van der Waals surface area contributed by atoms with Crippen LogP contribution in [-0.4, -0.2) is 44.4 Å². The smallest absolute Gasteiger partial charge is 0.273 e. The Morgan fingerprint density at radius 3 is 2.52 bits per heavy atom. The van der Waals surface area contributed by atoms with Crippen molar-refractivity contribution in [1.29, 1.82) is 0 Å². The summed E-state index contributed by atoms with van der Waals surface area (Å²) < 4.78 is 0. The molecule has 0 spiro atoms. The Morgan fingerprint density at radius 1 is 1.17 bits per heavy atom. The van der Waals surface area contributed by atoms with Gasteiger partial charge in [0, 0.05) is 17.7 Å². The van der Waals surface area contributed by atoms with Gasteiger partial charge in [0.05, 0.1) is 12.6 Å². The van der Waals surface area contributed by atoms with Crippen LogP contribution < -0.4 is 0 Å². The van der Waals surface area contributed by atoms with Crippen LogP contribution in [0.3, 0.4) is 0 Å². The average molecular weight is 391 g/mol. The van der Waals surface area contributed by atoms with Crippen molar-refractivity contribution in [1.82, 2.24) is 15.1 Å². The molecular formula is C23H25N3O3. The monoisotopic (exact) mass is 391 g/mol. The summed E-state index contributed by atoms with van der Waals surface area (Å²) in [6.45, 7) is 6.05. The molecule has 6 nitrogen and oxygen atoms in total. The zero-order valence-electron chi connectivity index (χ0n) is 16.9. The van der Waals surface area contributed by atoms with E-state index in [1.807, 2.05) is 32.0 Å². The van der Waals surface area contributed by atoms with Crippen molar-refractivity contribution < 1.29 is 15.0 Å². The average Bonchev–Trinajstić information content (AvgIpc) is 3.22. The summed E-state index contributed by atoms with van der Waals surface area (Å²) >= 11 is 0. The highest BCUT2D eigenvalue weighted by Crippen LogP contribution is 2.45. The van der Waals surface area contributed by atoms with E-state index in [4.69, 9.17) is 0 Å². The lowest BCUT2D eigenvalue weighted by molar-refractivity contribution is 0.0706. The number of rotatable bonds is 5. The number of carbonyl (C=O) groups excluding carboxylic acids is 1. The first-order chi connectivity index (χ1) is 14.0. The summed E-state index contributed by atoms with van der Waals surface area (Å²) in [5.41, 5.74) is 6.38. The maximum atomic E-state index is 13.0. The third-order valence-corrected chi connectivity index (χ3v) is 5.60. The zero-order chi connectivity index (χ0) is 20.7. The van der Waals surface area contributed by atoms with Crippen LogP contribution in [0, 0.1) is 13.8 Å². The number of benzene rings is 2. The highest BCUT2D eigenvalue weighted by atomic mass is 16.3. The lowest BCUT2D eigenvalue weighted by Crippen LogP contribution is -2.32. The van der Waals surface area contributed by atoms with Crippen LogP contribution in [0.1, 0.15) is 51.3 Å². The van der Waals surface area contributed by atoms with Gasteiger partial charge in [-0.3, -0.25) is 9.89 Å². The van der Waals surface area contributed by atoms with Crippen LogP contribution in [0.5, 0.6) is 5.75 Å². The van der Waals surface area contributed by atoms with Crippen molar-refractivity contribution in [3.05, 3.63) is 69.9 Å². The normalized spacial score (nSPS) is 15.8. The number of aliphatic hydroxyl groups excluding tert-OH is 1. The number of amides is 1. The van der Waals surface area contributed by atoms with E-state index >= 15 is 0 Å². The number of hydrogen-bond acceptors (Lipinski definition) is 4. The SMILES string of the molecule is CCc1ccc([C@H]2c3c(-c4c(C)cc(C)cc4O)n[nH]c3C(=O)N2CCO)cc1. The van der Waals surface area contributed by atoms with Crippen LogP contribution in [0.15, 0.2) is 36.4 Å². The lowest BCUT2D eigenvalue weighted by Gasteiger charge is -2.26. The number of aromatic nitrogens is 2. The Labute approximate surface area is 169 Å². The second-order valence-electron chi connectivity index (χ2n) is 7.56. The molecule has 0 fully saturated rings. The summed E-state index contributed by atoms with van der Waals surface area (Å²) in [4.78, 5) is 14.7. The van der Waals surface area contributed by atoms with Gasteiger partial charge in [-0.25, -0.2) is 0 Å². The van der Waals surface area contributed by atoms with Crippen molar-refractivity contribution in [3.63, 3.8) is 0 Å². The number of hydrogen-bond donors (Lipinski definition) is 3. The van der Waals surface area contributed by atoms with E-state index in [0.29, 0.717) is 17.0 Å². The maximum Gasteiger partial charge on any atom is 0.273 e. The fourth-order valence-corrected chi connectivity index (χ4v) is 4.26. The summed E-state index contributed by atoms with van der Waals surface area (Å²) in [6.07, 6.45) is 0.933. The lowest BCUT2D eigenvalue weighted by atomic mass is 9.92. The number of carbonyl (C=O) groups is 1. The first-order valence-corrected chi connectivity index (χ1v) is 9.85. The van der Waals surface area contributed by atoms with E-state index in [-0.39, 0.29) is 30.9 Å². The number of aromatic amines is 1. The van der Waals surface area contributed by atoms with Gasteiger partial charge >= 0.3 is 0 Å². The molecule has 4 rings (SSSR count). The van der Waals surface area contributed by atoms with Crippen molar-refractivity contribution in [2.45, 2.75) is 33.2 Å². The van der Waals surface area contributed by atoms with Gasteiger partial charge in [-0.1, -0.05) is 37.3 Å². The molecule has 1 aromatic heterocycles. The number of phenolic OH excluding ortho intramolecular Hbond substituents is 1. The minimum atomic E-state index is -0.371. The highest BCUT2D eigenvalue weighted by molar-refractivity contribution is 6.00. The molecule has 6 heteroatoms. The van der Waals surface area contributed by atoms with Crippen LogP contribution in [0.4, 0.5) is 0 Å². The minimum absolute atomic E-state index is 0.128. The number of aryl methyl sites for hydroxylation is 3. The highest BCUT2D eigenvalue weighted by Gasteiger charge is 2.42. The van der Waals surface area contributed by atoms with Gasteiger partial charge in [-0.2, -0.15) is 5.10 Å². The topological polar surface area (TPSA) is 89.5 Å². The molecule has 2 aromatic carbocycles. The molecule has 3 N–H and O–H groups in total. The van der Waals surface area contributed by atoms with Crippen LogP contribution in [-0.2, 0) is 6.42 Å². The summed E-state index contributed by atoms with van der Waals surface area (Å²) in [6, 6.07) is 11.5. The van der Waals surface area contributed by atoms with Gasteiger partial charge in [0.15, 0.2) is 0 Å². The Balaban J connectivity index is 1.91. The van der Waals surface area contributed by atoms with Gasteiger partial charge < -0.3 is 15.1 Å². The van der Waals surface area contributed by atoms with Crippen molar-refractivity contribution >= 4 is 5.91 Å². The number of H-pyrrole nitrogens is 1. The molecular weight excluding hydrogens is 366 g/mol. The molecule has 0 bridgehead atoms. The van der Waals surface area contributed by atoms with Crippen LogP contribution in [0.2, 0.25) is 0 Å². The van der Waals surface area contributed by atoms with Gasteiger partial charge in [0.25, 0.3) is 5.91 Å². The predicted molar refractivity (Wildman–Crippen MR) is 111 cm³/mol. The Hall–Kier alpha value is -3.12. The molecule has 0 aliphatic carbocycles. The van der Waals surface area contributed by atoms with E-state index in [1.165, 1.54) is 5.56 Å². The summed E-state index contributed by atoms with van der Waals surface area (Å²) in [5.74, 6) is -0.0495. The van der Waals surface area contributed by atoms with E-state index in [1.54, 1.807) is 11.0 Å². The molecule has 2 heterocycles. The predicted octanol–water partition coefficient (Wildman–Crippen LogP) is 3.50. The standard InChI is InChI=1S/C23H25N3O3/c1-4-15-5-7-16(8-6-15)22-19-20(18-14(3)11-13(2)12-17(18)28)24-25-21(19)23(29)26(22)9-10-27/h5-8,11-12,22,27-28H,4,9-10H2,1-3H3,(H,24,25)/t22-/m0/s1. The summed E-state index contributed by atoms with van der Waals surface area (Å²) in [7, 11) is 0. The maximum absolute atomic E-state index is 13.0. The number of fused-ring (bicyclic) bond motifs is 1. The number of aliphatic hydroxyl groups is 1. The number of aromatic hydroxyl groups is 1. The minimum Gasteiger partial charge on any atom is -0.507 e. The fourth-order valence-electron chi connectivity index (χ4n) is 4.26. The van der Waals surface area contributed by atoms with Crippen molar-refractivity contribution in [3.8, 4) is 17.0 Å². The van der Waals surface area contributed by atoms with Crippen molar-refractivity contribution in [2.75, 3.05) is 13.2 Å². The third-order valence-electron chi connectivity index (χ3n) is 5.60. The molecule has 0 radical (unpaired) electrons. The molecule has 0 saturated heterocycles. The molecule has 3 aromatic rings. The molecule has 150 valence electrons. The Morgan fingerprint density at radius 2 is 1.90 bits per heavy atom. The number of nitrogens with zero attached hydrogens (tertiary/aromatic N) is 2. The van der Waals surface area contributed by atoms with E-state index in [9.17, 15) is 15.0 Å². The largest absolute Gasteiger partial charge is 0.507 e. The Bertz CT molecular complexity index is 1050. The van der Waals surface area contributed by atoms with Gasteiger partial charge in [0.1, 0.15) is 17.1 Å². The van der Waals surface area contributed by atoms with Crippen molar-refractivity contribution in [2.24, 2.45) is 0 Å². The van der Waals surface area contributed by atoms with Crippen LogP contribution in [0.25, 0.3) is 11.3 Å². The molecule has 1 aliphatic heterocycles. The van der Waals surface area contributed by atoms with E-state index in [0.717, 1.165) is 28.7 Å². The first kappa shape index (κ1) is 19.2. The molecule has 29 heavy (non-hydrogen) atoms. The second kappa shape index (κ2) is 7.37. The first-order valence-electron chi connectivity index (χ1n) is 9.85. The zero-order valence-corrected chi connectivity index (χ0v) is 16.9. The van der Waals surface area contributed by atoms with Gasteiger partial charge in [0.2, 0.25) is 0 Å². The molecule has 1 atom stereocenters. The molecule has 1 aliphatic rings. The fraction of sp³-hybridized carbons (Fsp3) is 0.304. The molecule has 1 amide bonds. The van der Waals surface area contributed by atoms with Gasteiger partial charge in [-0.15, -0.1) is 0 Å². The van der Waals surface area contributed by atoms with Crippen LogP contribution >= 0.6 is 0 Å².